The predicted molar refractivity (Wildman–Crippen MR) is 87.4 cm³/mol. The number of carbonyl (C=O) groups is 3. The van der Waals surface area contributed by atoms with Crippen molar-refractivity contribution in [3.63, 3.8) is 0 Å². The Morgan fingerprint density at radius 2 is 1.96 bits per heavy atom. The Hall–Kier alpha value is -1.63. The summed E-state index contributed by atoms with van der Waals surface area (Å²) in [5.74, 6) is -0.955. The largest absolute Gasteiger partial charge is 0.481 e. The van der Waals surface area contributed by atoms with Gasteiger partial charge in [-0.05, 0) is 26.7 Å². The van der Waals surface area contributed by atoms with Crippen molar-refractivity contribution in [1.82, 2.24) is 9.80 Å². The van der Waals surface area contributed by atoms with E-state index in [1.54, 1.807) is 9.80 Å². The van der Waals surface area contributed by atoms with Crippen LogP contribution in [0.4, 0.5) is 0 Å². The van der Waals surface area contributed by atoms with Crippen molar-refractivity contribution >= 4 is 17.8 Å². The number of carbonyl (C=O) groups excluding carboxylic acids is 2. The number of amides is 2. The maximum Gasteiger partial charge on any atom is 0.311 e. The van der Waals surface area contributed by atoms with Crippen LogP contribution in [0.25, 0.3) is 0 Å². The first kappa shape index (κ1) is 18.7. The molecule has 2 aliphatic rings. The fourth-order valence-electron chi connectivity index (χ4n) is 3.77. The van der Waals surface area contributed by atoms with Crippen LogP contribution in [0.1, 0.15) is 39.5 Å². The summed E-state index contributed by atoms with van der Waals surface area (Å²) in [6.45, 7) is 6.77. The number of aliphatic carboxylic acids is 1. The van der Waals surface area contributed by atoms with Crippen molar-refractivity contribution in [2.45, 2.75) is 39.5 Å². The summed E-state index contributed by atoms with van der Waals surface area (Å²) in [7, 11) is 0. The number of fused-ring (bicyclic) bond motifs is 1. The minimum atomic E-state index is -0.856. The zero-order valence-electron chi connectivity index (χ0n) is 14.6. The molecule has 1 N–H and O–H groups in total. The summed E-state index contributed by atoms with van der Waals surface area (Å²) in [4.78, 5) is 39.5. The van der Waals surface area contributed by atoms with Gasteiger partial charge >= 0.3 is 5.97 Å². The molecule has 0 spiro atoms. The molecule has 2 atom stereocenters. The lowest BCUT2D eigenvalue weighted by molar-refractivity contribution is -0.157. The van der Waals surface area contributed by atoms with Crippen LogP contribution >= 0.6 is 0 Å². The van der Waals surface area contributed by atoms with Gasteiger partial charge in [-0.1, -0.05) is 0 Å². The van der Waals surface area contributed by atoms with E-state index in [1.165, 1.54) is 0 Å². The van der Waals surface area contributed by atoms with Gasteiger partial charge in [-0.15, -0.1) is 0 Å². The second kappa shape index (κ2) is 7.96. The summed E-state index contributed by atoms with van der Waals surface area (Å²) in [5, 5.41) is 9.62. The highest BCUT2D eigenvalue weighted by atomic mass is 16.5. The Kier molecular flexibility index (Phi) is 6.21. The lowest BCUT2D eigenvalue weighted by Crippen LogP contribution is -2.45. The lowest BCUT2D eigenvalue weighted by atomic mass is 9.74. The molecule has 0 saturated carbocycles. The van der Waals surface area contributed by atoms with Crippen LogP contribution in [0.3, 0.4) is 0 Å². The van der Waals surface area contributed by atoms with Gasteiger partial charge in [-0.2, -0.15) is 0 Å². The van der Waals surface area contributed by atoms with E-state index in [0.29, 0.717) is 52.1 Å². The summed E-state index contributed by atoms with van der Waals surface area (Å²) in [6, 6.07) is 0. The van der Waals surface area contributed by atoms with E-state index in [4.69, 9.17) is 4.74 Å². The van der Waals surface area contributed by atoms with Gasteiger partial charge in [0.15, 0.2) is 0 Å². The van der Waals surface area contributed by atoms with Crippen LogP contribution in [0.15, 0.2) is 0 Å². The number of ether oxygens (including phenoxy) is 1. The quantitative estimate of drug-likeness (QED) is 0.746. The Balaban J connectivity index is 1.85. The molecule has 2 rings (SSSR count). The predicted octanol–water partition coefficient (Wildman–Crippen LogP) is 0.975. The lowest BCUT2D eigenvalue weighted by Gasteiger charge is -2.33. The fraction of sp³-hybridized carbons (Fsp3) is 0.824. The maximum atomic E-state index is 12.4. The summed E-state index contributed by atoms with van der Waals surface area (Å²) >= 11 is 0. The van der Waals surface area contributed by atoms with Gasteiger partial charge in [0, 0.05) is 51.5 Å². The average molecular weight is 340 g/mol. The third-order valence-electron chi connectivity index (χ3n) is 5.38. The molecule has 7 heteroatoms. The first-order chi connectivity index (χ1) is 11.4. The molecule has 0 aliphatic carbocycles. The number of nitrogens with zero attached hydrogens (tertiary/aromatic N) is 2. The van der Waals surface area contributed by atoms with Crippen molar-refractivity contribution < 1.29 is 24.2 Å². The van der Waals surface area contributed by atoms with E-state index in [-0.39, 0.29) is 30.7 Å². The van der Waals surface area contributed by atoms with Gasteiger partial charge in [0.1, 0.15) is 0 Å². The Labute approximate surface area is 142 Å². The molecule has 0 radical (unpaired) electrons. The van der Waals surface area contributed by atoms with Crippen molar-refractivity contribution in [2.24, 2.45) is 11.3 Å². The molecular formula is C17H28N2O5. The minimum absolute atomic E-state index is 0.0580. The molecular weight excluding hydrogens is 312 g/mol. The highest BCUT2D eigenvalue weighted by molar-refractivity contribution is 5.82. The van der Waals surface area contributed by atoms with Crippen LogP contribution < -0.4 is 0 Å². The van der Waals surface area contributed by atoms with Gasteiger partial charge in [-0.25, -0.2) is 0 Å². The summed E-state index contributed by atoms with van der Waals surface area (Å²) in [5.41, 5.74) is -0.856. The number of hydrogen-bond acceptors (Lipinski definition) is 4. The van der Waals surface area contributed by atoms with Crippen LogP contribution in [-0.2, 0) is 19.1 Å². The molecule has 0 aromatic carbocycles. The van der Waals surface area contributed by atoms with E-state index >= 15 is 0 Å². The van der Waals surface area contributed by atoms with Crippen molar-refractivity contribution in [3.8, 4) is 0 Å². The second-order valence-corrected chi connectivity index (χ2v) is 6.68. The van der Waals surface area contributed by atoms with Crippen LogP contribution in [0, 0.1) is 11.3 Å². The molecule has 7 nitrogen and oxygen atoms in total. The first-order valence-electron chi connectivity index (χ1n) is 8.81. The SMILES string of the molecule is CCN(CC)C(=O)CCCC(=O)N1C[C@H]2COCC[C@@]2(C(=O)O)C1. The first-order valence-corrected chi connectivity index (χ1v) is 8.81. The van der Waals surface area contributed by atoms with E-state index in [2.05, 4.69) is 0 Å². The van der Waals surface area contributed by atoms with Gasteiger partial charge < -0.3 is 19.6 Å². The molecule has 136 valence electrons. The van der Waals surface area contributed by atoms with Crippen molar-refractivity contribution in [1.29, 1.82) is 0 Å². The third-order valence-corrected chi connectivity index (χ3v) is 5.38. The molecule has 24 heavy (non-hydrogen) atoms. The molecule has 2 heterocycles. The van der Waals surface area contributed by atoms with Gasteiger partial charge in [0.25, 0.3) is 0 Å². The Bertz CT molecular complexity index is 491. The number of rotatable bonds is 7. The average Bonchev–Trinajstić information content (AvgIpc) is 2.97. The topological polar surface area (TPSA) is 87.2 Å². The minimum Gasteiger partial charge on any atom is -0.481 e. The third kappa shape index (κ3) is 3.71. The Morgan fingerprint density at radius 3 is 2.54 bits per heavy atom. The van der Waals surface area contributed by atoms with E-state index < -0.39 is 11.4 Å². The standard InChI is InChI=1S/C17H28N2O5/c1-3-18(4-2)14(20)6-5-7-15(21)19-10-13-11-24-9-8-17(13,12-19)16(22)23/h13H,3-12H2,1-2H3,(H,22,23)/t13-,17+/m0/s1. The van der Waals surface area contributed by atoms with E-state index in [9.17, 15) is 19.5 Å². The number of hydrogen-bond donors (Lipinski definition) is 1. The van der Waals surface area contributed by atoms with Gasteiger partial charge in [-0.3, -0.25) is 14.4 Å². The summed E-state index contributed by atoms with van der Waals surface area (Å²) < 4.78 is 5.40. The highest BCUT2D eigenvalue weighted by Gasteiger charge is 2.54. The van der Waals surface area contributed by atoms with Crippen LogP contribution in [-0.4, -0.2) is 72.1 Å². The normalized spacial score (nSPS) is 26.1. The molecule has 2 amide bonds. The van der Waals surface area contributed by atoms with Gasteiger partial charge in [0.05, 0.1) is 12.0 Å². The highest BCUT2D eigenvalue weighted by Crippen LogP contribution is 2.42. The van der Waals surface area contributed by atoms with Crippen molar-refractivity contribution in [3.05, 3.63) is 0 Å². The number of carboxylic acids is 1. The van der Waals surface area contributed by atoms with E-state index in [0.717, 1.165) is 0 Å². The fourth-order valence-corrected chi connectivity index (χ4v) is 3.77. The van der Waals surface area contributed by atoms with Crippen LogP contribution in [0.5, 0.6) is 0 Å². The van der Waals surface area contributed by atoms with Crippen molar-refractivity contribution in [2.75, 3.05) is 39.4 Å². The molecule has 0 unspecified atom stereocenters. The molecule has 2 fully saturated rings. The molecule has 0 bridgehead atoms. The summed E-state index contributed by atoms with van der Waals surface area (Å²) in [6.07, 6.45) is 1.61. The molecule has 2 aliphatic heterocycles. The van der Waals surface area contributed by atoms with E-state index in [1.807, 2.05) is 13.8 Å². The molecule has 0 aromatic rings. The van der Waals surface area contributed by atoms with Crippen LogP contribution in [0.2, 0.25) is 0 Å². The number of carboxylic acid groups (broad SMARTS) is 1. The second-order valence-electron chi connectivity index (χ2n) is 6.68. The van der Waals surface area contributed by atoms with Gasteiger partial charge in [0.2, 0.25) is 11.8 Å². The zero-order valence-corrected chi connectivity index (χ0v) is 14.6. The zero-order chi connectivity index (χ0) is 17.7. The Morgan fingerprint density at radius 1 is 1.25 bits per heavy atom. The molecule has 2 saturated heterocycles. The maximum absolute atomic E-state index is 12.4. The molecule has 0 aromatic heterocycles. The smallest absolute Gasteiger partial charge is 0.311 e. The number of likely N-dealkylation sites (tertiary alicyclic amines) is 1. The monoisotopic (exact) mass is 340 g/mol.